The molecule has 1 amide bonds. The van der Waals surface area contributed by atoms with Crippen LogP contribution in [0.4, 0.5) is 8.78 Å². The van der Waals surface area contributed by atoms with Crippen molar-refractivity contribution in [2.75, 3.05) is 25.9 Å². The number of carbonyl (C=O) groups is 1. The Morgan fingerprint density at radius 1 is 1.19 bits per heavy atom. The molecule has 37 heavy (non-hydrogen) atoms. The quantitative estimate of drug-likeness (QED) is 0.253. The Morgan fingerprint density at radius 2 is 1.81 bits per heavy atom. The van der Waals surface area contributed by atoms with Gasteiger partial charge in [0.2, 0.25) is 0 Å². The number of allylic oxidation sites excluding steroid dienone is 3. The molecule has 206 valence electrons. The van der Waals surface area contributed by atoms with Gasteiger partial charge in [-0.3, -0.25) is 4.79 Å². The minimum atomic E-state index is -0.649. The van der Waals surface area contributed by atoms with Crippen molar-refractivity contribution in [3.05, 3.63) is 84.0 Å². The maximum Gasteiger partial charge on any atom is 0.257 e. The topological polar surface area (TPSA) is 38.8 Å². The number of methoxy groups -OCH3 is 1. The van der Waals surface area contributed by atoms with Crippen LogP contribution in [-0.2, 0) is 6.61 Å². The summed E-state index contributed by atoms with van der Waals surface area (Å²) in [5.74, 6) is -0.212. The number of benzene rings is 2. The first-order valence-corrected chi connectivity index (χ1v) is 13.3. The Balaban J connectivity index is 0.00000100. The average Bonchev–Trinajstić information content (AvgIpc) is 3.36. The number of rotatable bonds is 7. The normalized spacial score (nSPS) is 13.9. The van der Waals surface area contributed by atoms with Gasteiger partial charge in [0, 0.05) is 30.9 Å². The molecular formula is C29H39Cl2F2NO3. The van der Waals surface area contributed by atoms with E-state index in [-0.39, 0.29) is 41.4 Å². The van der Waals surface area contributed by atoms with Gasteiger partial charge in [-0.05, 0) is 56.9 Å². The second-order valence-corrected chi connectivity index (χ2v) is 8.12. The number of halogens is 4. The van der Waals surface area contributed by atoms with Crippen molar-refractivity contribution in [3.8, 4) is 11.5 Å². The predicted molar refractivity (Wildman–Crippen MR) is 151 cm³/mol. The van der Waals surface area contributed by atoms with Gasteiger partial charge in [-0.2, -0.15) is 0 Å². The van der Waals surface area contributed by atoms with Gasteiger partial charge in [0.15, 0.2) is 11.5 Å². The molecule has 0 aliphatic carbocycles. The van der Waals surface area contributed by atoms with Crippen LogP contribution in [0.1, 0.15) is 56.0 Å². The van der Waals surface area contributed by atoms with Crippen molar-refractivity contribution in [2.24, 2.45) is 0 Å². The van der Waals surface area contributed by atoms with Crippen LogP contribution in [0.5, 0.6) is 11.5 Å². The number of nitrogens with zero attached hydrogens (tertiary/aromatic N) is 1. The summed E-state index contributed by atoms with van der Waals surface area (Å²) in [6.07, 6.45) is 10.1. The zero-order valence-corrected chi connectivity index (χ0v) is 23.9. The first-order valence-electron chi connectivity index (χ1n) is 12.0. The third-order valence-electron chi connectivity index (χ3n) is 5.22. The fraction of sp³-hybridized carbons (Fsp3) is 0.414. The van der Waals surface area contributed by atoms with E-state index < -0.39 is 5.82 Å². The summed E-state index contributed by atoms with van der Waals surface area (Å²) in [5.41, 5.74) is 0.713. The lowest BCUT2D eigenvalue weighted by Crippen LogP contribution is -2.34. The minimum Gasteiger partial charge on any atom is -0.493 e. The molecule has 0 bridgehead atoms. The van der Waals surface area contributed by atoms with E-state index >= 15 is 0 Å². The zero-order chi connectivity index (χ0) is 28.2. The summed E-state index contributed by atoms with van der Waals surface area (Å²) in [7, 11) is 1.44. The Labute approximate surface area is 230 Å². The van der Waals surface area contributed by atoms with E-state index in [0.29, 0.717) is 12.4 Å². The Kier molecular flexibility index (Phi) is 19.1. The largest absolute Gasteiger partial charge is 0.493 e. The molecule has 4 nitrogen and oxygen atoms in total. The molecule has 1 aliphatic heterocycles. The average molecular weight is 559 g/mol. The molecule has 8 heteroatoms. The first-order chi connectivity index (χ1) is 17.8. The molecule has 0 saturated carbocycles. The number of ether oxygens (including phenoxy) is 2. The molecule has 1 saturated heterocycles. The van der Waals surface area contributed by atoms with Crippen LogP contribution in [0.25, 0.3) is 0 Å². The van der Waals surface area contributed by atoms with Crippen LogP contribution < -0.4 is 9.47 Å². The number of hydrogen-bond donors (Lipinski definition) is 0. The monoisotopic (exact) mass is 557 g/mol. The van der Waals surface area contributed by atoms with Gasteiger partial charge in [0.25, 0.3) is 5.91 Å². The van der Waals surface area contributed by atoms with Crippen molar-refractivity contribution >= 4 is 29.1 Å². The van der Waals surface area contributed by atoms with Gasteiger partial charge in [0.1, 0.15) is 18.2 Å². The second-order valence-electron chi connectivity index (χ2n) is 7.81. The van der Waals surface area contributed by atoms with Crippen molar-refractivity contribution < 1.29 is 23.0 Å². The third kappa shape index (κ3) is 12.5. The van der Waals surface area contributed by atoms with Crippen molar-refractivity contribution in [3.63, 3.8) is 0 Å². The van der Waals surface area contributed by atoms with Gasteiger partial charge in [-0.1, -0.05) is 37.3 Å². The Hall–Kier alpha value is -2.57. The summed E-state index contributed by atoms with van der Waals surface area (Å²) >= 11 is 9.85. The van der Waals surface area contributed by atoms with Crippen LogP contribution >= 0.6 is 23.2 Å². The molecule has 1 atom stereocenters. The molecule has 0 spiro atoms. The van der Waals surface area contributed by atoms with Crippen LogP contribution in [0.3, 0.4) is 0 Å². The fourth-order valence-electron chi connectivity index (χ4n) is 3.19. The van der Waals surface area contributed by atoms with E-state index in [0.717, 1.165) is 30.9 Å². The summed E-state index contributed by atoms with van der Waals surface area (Å²) in [6.45, 7) is 10.2. The van der Waals surface area contributed by atoms with Crippen LogP contribution in [-0.4, -0.2) is 42.8 Å². The summed E-state index contributed by atoms with van der Waals surface area (Å²) < 4.78 is 38.4. The molecule has 1 fully saturated rings. The van der Waals surface area contributed by atoms with Crippen LogP contribution in [0.15, 0.2) is 61.2 Å². The van der Waals surface area contributed by atoms with Gasteiger partial charge >= 0.3 is 0 Å². The van der Waals surface area contributed by atoms with E-state index in [1.807, 2.05) is 32.1 Å². The molecule has 1 heterocycles. The smallest absolute Gasteiger partial charge is 0.257 e. The molecule has 0 aromatic heterocycles. The van der Waals surface area contributed by atoms with Gasteiger partial charge in [-0.15, -0.1) is 29.8 Å². The van der Waals surface area contributed by atoms with Gasteiger partial charge < -0.3 is 14.4 Å². The molecule has 1 aliphatic rings. The predicted octanol–water partition coefficient (Wildman–Crippen LogP) is 8.42. The maximum atomic E-state index is 14.5. The van der Waals surface area contributed by atoms with Crippen LogP contribution in [0.2, 0.25) is 0 Å². The fourth-order valence-corrected chi connectivity index (χ4v) is 3.37. The van der Waals surface area contributed by atoms with E-state index in [1.54, 1.807) is 17.0 Å². The highest BCUT2D eigenvalue weighted by Gasteiger charge is 2.28. The van der Waals surface area contributed by atoms with Crippen molar-refractivity contribution in [1.82, 2.24) is 4.90 Å². The second kappa shape index (κ2) is 20.5. The van der Waals surface area contributed by atoms with Crippen molar-refractivity contribution in [2.45, 2.75) is 52.7 Å². The highest BCUT2D eigenvalue weighted by atomic mass is 35.5. The SMILES string of the molecule is C/C=C\CCl.C=CCC.CCl.COc1cc(C(=O)N2CCCC2C)c(F)cc1OCc1ccc(F)cc1. The van der Waals surface area contributed by atoms with Gasteiger partial charge in [0.05, 0.1) is 12.7 Å². The third-order valence-corrected chi connectivity index (χ3v) is 5.40. The molecule has 1 unspecified atom stereocenters. The molecule has 0 N–H and O–H groups in total. The lowest BCUT2D eigenvalue weighted by molar-refractivity contribution is 0.0742. The molecule has 3 rings (SSSR count). The highest BCUT2D eigenvalue weighted by Crippen LogP contribution is 2.32. The number of alkyl halides is 2. The van der Waals surface area contributed by atoms with E-state index in [4.69, 9.17) is 21.1 Å². The van der Waals surface area contributed by atoms with E-state index in [9.17, 15) is 13.6 Å². The lowest BCUT2D eigenvalue weighted by Gasteiger charge is -2.22. The minimum absolute atomic E-state index is 0.0234. The van der Waals surface area contributed by atoms with Gasteiger partial charge in [-0.25, -0.2) is 8.78 Å². The van der Waals surface area contributed by atoms with Crippen molar-refractivity contribution in [1.29, 1.82) is 0 Å². The summed E-state index contributed by atoms with van der Waals surface area (Å²) in [6, 6.07) is 8.47. The Bertz CT molecular complexity index is 953. The first kappa shape index (κ1) is 34.4. The maximum absolute atomic E-state index is 14.5. The molecule has 0 radical (unpaired) electrons. The number of hydrogen-bond acceptors (Lipinski definition) is 3. The Morgan fingerprint density at radius 3 is 2.24 bits per heavy atom. The lowest BCUT2D eigenvalue weighted by atomic mass is 10.1. The molecule has 2 aromatic rings. The summed E-state index contributed by atoms with van der Waals surface area (Å²) in [4.78, 5) is 14.3. The highest BCUT2D eigenvalue weighted by molar-refractivity contribution is 6.18. The van der Waals surface area contributed by atoms with Crippen LogP contribution in [0, 0.1) is 11.6 Å². The standard InChI is InChI=1S/C20H21F2NO3.C4H7Cl.C4H8.CH3Cl/c1-13-4-3-9-23(13)20(24)16-10-18(25-2)19(11-17(16)22)26-12-14-5-7-15(21)8-6-14;1-2-3-4-5;1-3-4-2;1-2/h5-8,10-11,13H,3-4,9,12H2,1-2H3;2-3H,4H2,1H3;3H,1,4H2,2H3;1H3/b;3-2-;;. The summed E-state index contributed by atoms with van der Waals surface area (Å²) in [5, 5.41) is 0. The zero-order valence-electron chi connectivity index (χ0n) is 22.4. The molecule has 2 aromatic carbocycles. The van der Waals surface area contributed by atoms with E-state index in [2.05, 4.69) is 25.1 Å². The molecular weight excluding hydrogens is 519 g/mol. The number of amides is 1. The van der Waals surface area contributed by atoms with E-state index in [1.165, 1.54) is 31.7 Å². The number of carbonyl (C=O) groups excluding carboxylic acids is 1. The number of likely N-dealkylation sites (tertiary alicyclic amines) is 1.